The van der Waals surface area contributed by atoms with Crippen LogP contribution in [0.3, 0.4) is 0 Å². The molecule has 0 radical (unpaired) electrons. The normalized spacial score (nSPS) is 13.3. The highest BCUT2D eigenvalue weighted by Gasteiger charge is 2.14. The lowest BCUT2D eigenvalue weighted by atomic mass is 10.2. The van der Waals surface area contributed by atoms with Crippen molar-refractivity contribution in [2.75, 3.05) is 27.8 Å². The predicted molar refractivity (Wildman–Crippen MR) is 59.7 cm³/mol. The summed E-state index contributed by atoms with van der Waals surface area (Å²) in [5.41, 5.74) is 5.91. The van der Waals surface area contributed by atoms with E-state index in [0.717, 1.165) is 12.8 Å². The quantitative estimate of drug-likeness (QED) is 0.687. The van der Waals surface area contributed by atoms with Gasteiger partial charge in [-0.25, -0.2) is 0 Å². The zero-order chi connectivity index (χ0) is 12.0. The maximum atomic E-state index is 5.91. The Kier molecular flexibility index (Phi) is 5.37. The maximum absolute atomic E-state index is 5.91. The number of hydrogen-bond donors (Lipinski definition) is 1. The van der Waals surface area contributed by atoms with Crippen LogP contribution >= 0.6 is 0 Å². The van der Waals surface area contributed by atoms with Gasteiger partial charge in [-0.1, -0.05) is 5.16 Å². The smallest absolute Gasteiger partial charge is 0.243 e. The summed E-state index contributed by atoms with van der Waals surface area (Å²) in [5.74, 6) is 1.18. The number of rotatable bonds is 7. The number of ether oxygens (including phenoxy) is 1. The van der Waals surface area contributed by atoms with Crippen LogP contribution in [0.25, 0.3) is 0 Å². The average Bonchev–Trinajstić information content (AvgIpc) is 2.65. The fourth-order valence-electron chi connectivity index (χ4n) is 1.34. The Labute approximate surface area is 95.7 Å². The number of aromatic nitrogens is 2. The van der Waals surface area contributed by atoms with Gasteiger partial charge in [0, 0.05) is 13.7 Å². The third-order valence-corrected chi connectivity index (χ3v) is 2.12. The van der Waals surface area contributed by atoms with Crippen molar-refractivity contribution < 1.29 is 9.26 Å². The Morgan fingerprint density at radius 2 is 2.25 bits per heavy atom. The van der Waals surface area contributed by atoms with Crippen molar-refractivity contribution in [1.29, 1.82) is 0 Å². The summed E-state index contributed by atoms with van der Waals surface area (Å²) < 4.78 is 10.1. The molecule has 1 unspecified atom stereocenters. The van der Waals surface area contributed by atoms with Gasteiger partial charge in [0.25, 0.3) is 0 Å². The maximum Gasteiger partial charge on any atom is 0.243 e. The highest BCUT2D eigenvalue weighted by Crippen LogP contribution is 2.13. The van der Waals surface area contributed by atoms with Crippen molar-refractivity contribution in [2.45, 2.75) is 25.4 Å². The lowest BCUT2D eigenvalue weighted by Gasteiger charge is -2.05. The van der Waals surface area contributed by atoms with E-state index in [1.807, 2.05) is 19.0 Å². The largest absolute Gasteiger partial charge is 0.385 e. The van der Waals surface area contributed by atoms with Gasteiger partial charge in [-0.15, -0.1) is 0 Å². The molecule has 16 heavy (non-hydrogen) atoms. The van der Waals surface area contributed by atoms with E-state index < -0.39 is 0 Å². The first-order valence-corrected chi connectivity index (χ1v) is 5.35. The topological polar surface area (TPSA) is 77.4 Å². The summed E-state index contributed by atoms with van der Waals surface area (Å²) in [6, 6.07) is -0.196. The molecular weight excluding hydrogens is 208 g/mol. The SMILES string of the molecule is COCCCC(N)c1nc(CN(C)C)no1. The Hall–Kier alpha value is -0.980. The van der Waals surface area contributed by atoms with E-state index in [-0.39, 0.29) is 6.04 Å². The van der Waals surface area contributed by atoms with Crippen molar-refractivity contribution >= 4 is 0 Å². The highest BCUT2D eigenvalue weighted by molar-refractivity contribution is 4.91. The van der Waals surface area contributed by atoms with E-state index in [2.05, 4.69) is 10.1 Å². The minimum absolute atomic E-state index is 0.196. The van der Waals surface area contributed by atoms with Crippen molar-refractivity contribution in [3.05, 3.63) is 11.7 Å². The van der Waals surface area contributed by atoms with Crippen LogP contribution < -0.4 is 5.73 Å². The molecule has 1 heterocycles. The van der Waals surface area contributed by atoms with Crippen molar-refractivity contribution in [2.24, 2.45) is 5.73 Å². The minimum atomic E-state index is -0.196. The fraction of sp³-hybridized carbons (Fsp3) is 0.800. The fourth-order valence-corrected chi connectivity index (χ4v) is 1.34. The van der Waals surface area contributed by atoms with Crippen LogP contribution in [0.2, 0.25) is 0 Å². The first kappa shape index (κ1) is 13.1. The van der Waals surface area contributed by atoms with Gasteiger partial charge in [0.2, 0.25) is 5.89 Å². The van der Waals surface area contributed by atoms with Gasteiger partial charge in [0.05, 0.1) is 12.6 Å². The summed E-state index contributed by atoms with van der Waals surface area (Å²) in [4.78, 5) is 6.22. The van der Waals surface area contributed by atoms with Crippen LogP contribution in [-0.2, 0) is 11.3 Å². The molecule has 0 aliphatic heterocycles. The van der Waals surface area contributed by atoms with E-state index >= 15 is 0 Å². The highest BCUT2D eigenvalue weighted by atomic mass is 16.5. The number of nitrogens with two attached hydrogens (primary N) is 1. The Bertz CT molecular complexity index is 301. The second-order valence-corrected chi connectivity index (χ2v) is 4.03. The van der Waals surface area contributed by atoms with Crippen molar-refractivity contribution in [3.63, 3.8) is 0 Å². The molecule has 6 nitrogen and oxygen atoms in total. The third-order valence-electron chi connectivity index (χ3n) is 2.12. The van der Waals surface area contributed by atoms with Crippen LogP contribution in [0, 0.1) is 0 Å². The first-order chi connectivity index (χ1) is 7.63. The molecule has 0 aromatic carbocycles. The summed E-state index contributed by atoms with van der Waals surface area (Å²) in [5, 5.41) is 3.87. The summed E-state index contributed by atoms with van der Waals surface area (Å²) in [7, 11) is 5.58. The zero-order valence-electron chi connectivity index (χ0n) is 10.1. The van der Waals surface area contributed by atoms with E-state index in [9.17, 15) is 0 Å². The van der Waals surface area contributed by atoms with E-state index in [1.165, 1.54) is 0 Å². The number of nitrogens with zero attached hydrogens (tertiary/aromatic N) is 3. The second kappa shape index (κ2) is 6.57. The molecule has 0 fully saturated rings. The lowest BCUT2D eigenvalue weighted by molar-refractivity contribution is 0.188. The molecule has 0 aliphatic rings. The summed E-state index contributed by atoms with van der Waals surface area (Å²) in [6.45, 7) is 1.36. The van der Waals surface area contributed by atoms with E-state index in [4.69, 9.17) is 15.0 Å². The van der Waals surface area contributed by atoms with Crippen LogP contribution in [-0.4, -0.2) is 42.9 Å². The zero-order valence-corrected chi connectivity index (χ0v) is 10.1. The van der Waals surface area contributed by atoms with Gasteiger partial charge in [-0.05, 0) is 26.9 Å². The van der Waals surface area contributed by atoms with Crippen LogP contribution in [0.4, 0.5) is 0 Å². The molecule has 0 amide bonds. The van der Waals surface area contributed by atoms with Gasteiger partial charge in [-0.3, -0.25) is 0 Å². The molecule has 1 atom stereocenters. The molecule has 0 bridgehead atoms. The number of methoxy groups -OCH3 is 1. The van der Waals surface area contributed by atoms with Crippen molar-refractivity contribution in [3.8, 4) is 0 Å². The lowest BCUT2D eigenvalue weighted by Crippen LogP contribution is -2.13. The van der Waals surface area contributed by atoms with E-state index in [1.54, 1.807) is 7.11 Å². The van der Waals surface area contributed by atoms with Gasteiger partial charge in [-0.2, -0.15) is 4.98 Å². The Morgan fingerprint density at radius 3 is 2.88 bits per heavy atom. The van der Waals surface area contributed by atoms with Gasteiger partial charge >= 0.3 is 0 Å². The van der Waals surface area contributed by atoms with Gasteiger partial charge < -0.3 is 19.9 Å². The minimum Gasteiger partial charge on any atom is -0.385 e. The predicted octanol–water partition coefficient (Wildman–Crippen LogP) is 0.558. The molecule has 92 valence electrons. The Morgan fingerprint density at radius 1 is 1.50 bits per heavy atom. The molecule has 1 rings (SSSR count). The molecular formula is C10H20N4O2. The molecule has 2 N–H and O–H groups in total. The average molecular weight is 228 g/mol. The number of hydrogen-bond acceptors (Lipinski definition) is 6. The van der Waals surface area contributed by atoms with Gasteiger partial charge in [0.1, 0.15) is 0 Å². The summed E-state index contributed by atoms with van der Waals surface area (Å²) in [6.07, 6.45) is 1.68. The van der Waals surface area contributed by atoms with Crippen LogP contribution in [0.15, 0.2) is 4.52 Å². The second-order valence-electron chi connectivity index (χ2n) is 4.03. The molecule has 0 saturated heterocycles. The monoisotopic (exact) mass is 228 g/mol. The van der Waals surface area contributed by atoms with Crippen molar-refractivity contribution in [1.82, 2.24) is 15.0 Å². The van der Waals surface area contributed by atoms with Crippen LogP contribution in [0.5, 0.6) is 0 Å². The first-order valence-electron chi connectivity index (χ1n) is 5.35. The van der Waals surface area contributed by atoms with Gasteiger partial charge in [0.15, 0.2) is 5.82 Å². The molecule has 6 heteroatoms. The third kappa shape index (κ3) is 4.26. The molecule has 0 aliphatic carbocycles. The van der Waals surface area contributed by atoms with E-state index in [0.29, 0.717) is 24.9 Å². The molecule has 0 saturated carbocycles. The van der Waals surface area contributed by atoms with Crippen LogP contribution in [0.1, 0.15) is 30.6 Å². The summed E-state index contributed by atoms with van der Waals surface area (Å²) >= 11 is 0. The molecule has 1 aromatic heterocycles. The molecule has 0 spiro atoms. The molecule has 1 aromatic rings. The standard InChI is InChI=1S/C10H20N4O2/c1-14(2)7-9-12-10(16-13-9)8(11)5-4-6-15-3/h8H,4-7,11H2,1-3H3. The Balaban J connectivity index is 2.43.